The number of hydrogen-bond donors (Lipinski definition) is 1. The first-order chi connectivity index (χ1) is 13.6. The molecule has 1 aliphatic heterocycles. The van der Waals surface area contributed by atoms with Crippen molar-refractivity contribution in [3.8, 4) is 11.5 Å². The zero-order valence-electron chi connectivity index (χ0n) is 17.1. The van der Waals surface area contributed by atoms with Crippen LogP contribution in [-0.2, 0) is 6.42 Å². The minimum atomic E-state index is -0.461. The predicted molar refractivity (Wildman–Crippen MR) is 115 cm³/mol. The maximum absolute atomic E-state index is 12.5. The molecule has 0 atom stereocenters. The van der Waals surface area contributed by atoms with Gasteiger partial charge in [-0.3, -0.25) is 9.59 Å². The van der Waals surface area contributed by atoms with Gasteiger partial charge in [0, 0.05) is 11.6 Å². The average Bonchev–Trinajstić information content (AvgIpc) is 2.68. The van der Waals surface area contributed by atoms with Crippen LogP contribution in [0.25, 0.3) is 22.6 Å². The highest BCUT2D eigenvalue weighted by molar-refractivity contribution is 5.77. The number of benzene rings is 2. The topological polar surface area (TPSA) is 63.1 Å². The summed E-state index contributed by atoms with van der Waals surface area (Å²) in [5.74, 6) is 0.528. The number of hydrogen-bond acceptors (Lipinski definition) is 3. The van der Waals surface area contributed by atoms with Crippen molar-refractivity contribution in [2.75, 3.05) is 0 Å². The molecule has 0 bridgehead atoms. The lowest BCUT2D eigenvalue weighted by Crippen LogP contribution is -2.28. The molecule has 1 aromatic rings. The second-order valence-electron chi connectivity index (χ2n) is 7.86. The van der Waals surface area contributed by atoms with Crippen molar-refractivity contribution in [3.63, 3.8) is 0 Å². The third-order valence-corrected chi connectivity index (χ3v) is 5.44. The molecule has 0 spiro atoms. The Labute approximate surface area is 166 Å². The summed E-state index contributed by atoms with van der Waals surface area (Å²) in [6.45, 7) is 4.24. The van der Waals surface area contributed by atoms with Gasteiger partial charge in [0.05, 0.1) is 11.2 Å². The number of fused-ring (bicyclic) bond motifs is 2. The van der Waals surface area contributed by atoms with Crippen LogP contribution in [-0.4, -0.2) is 4.98 Å². The van der Waals surface area contributed by atoms with Gasteiger partial charge in [0.1, 0.15) is 0 Å². The molecule has 1 aliphatic carbocycles. The Bertz CT molecular complexity index is 999. The summed E-state index contributed by atoms with van der Waals surface area (Å²) in [6, 6.07) is 7.22. The number of rotatable bonds is 10. The molecular weight excluding hydrogens is 350 g/mol. The van der Waals surface area contributed by atoms with E-state index in [-0.39, 0.29) is 0 Å². The molecule has 0 aromatic heterocycles. The van der Waals surface area contributed by atoms with Crippen LogP contribution in [0.5, 0.6) is 0 Å². The van der Waals surface area contributed by atoms with Gasteiger partial charge in [0.25, 0.3) is 0 Å². The van der Waals surface area contributed by atoms with Crippen LogP contribution in [0, 0.1) is 6.92 Å². The lowest BCUT2D eigenvalue weighted by molar-refractivity contribution is 0.560. The number of aryl methyl sites for hydroxylation is 1. The zero-order chi connectivity index (χ0) is 19.9. The summed E-state index contributed by atoms with van der Waals surface area (Å²) in [5, 5.41) is 0. The highest BCUT2D eigenvalue weighted by Gasteiger charge is 2.18. The van der Waals surface area contributed by atoms with Crippen molar-refractivity contribution < 1.29 is 4.42 Å². The highest BCUT2D eigenvalue weighted by atomic mass is 16.3. The van der Waals surface area contributed by atoms with Crippen molar-refractivity contribution in [3.05, 3.63) is 55.8 Å². The van der Waals surface area contributed by atoms with E-state index in [4.69, 9.17) is 4.42 Å². The van der Waals surface area contributed by atoms with Crippen LogP contribution in [0.15, 0.2) is 38.3 Å². The third kappa shape index (κ3) is 4.92. The number of H-pyrrole nitrogens is 1. The minimum absolute atomic E-state index is 0.421. The molecule has 0 fully saturated rings. The van der Waals surface area contributed by atoms with Crippen molar-refractivity contribution in [2.24, 2.45) is 0 Å². The maximum atomic E-state index is 12.5. The van der Waals surface area contributed by atoms with Crippen LogP contribution in [0.1, 0.15) is 75.8 Å². The SMILES string of the molecule is CCCCCCCCCCCc1c2oc3ccc(C)cc3[nH]c-2cc(=O)c1=O. The van der Waals surface area contributed by atoms with Crippen LogP contribution in [0.2, 0.25) is 0 Å². The lowest BCUT2D eigenvalue weighted by Gasteiger charge is -2.12. The molecule has 0 amide bonds. The fourth-order valence-electron chi connectivity index (χ4n) is 3.81. The van der Waals surface area contributed by atoms with E-state index in [1.807, 2.05) is 25.1 Å². The van der Waals surface area contributed by atoms with Gasteiger partial charge in [0.2, 0.25) is 10.9 Å². The summed E-state index contributed by atoms with van der Waals surface area (Å²) in [4.78, 5) is 27.9. The third-order valence-electron chi connectivity index (χ3n) is 5.44. The highest BCUT2D eigenvalue weighted by Crippen LogP contribution is 2.27. The zero-order valence-corrected chi connectivity index (χ0v) is 17.1. The summed E-state index contributed by atoms with van der Waals surface area (Å²) >= 11 is 0. The normalized spacial score (nSPS) is 11.5. The Morgan fingerprint density at radius 1 is 0.893 bits per heavy atom. The molecule has 2 aliphatic rings. The van der Waals surface area contributed by atoms with E-state index in [0.717, 1.165) is 23.9 Å². The molecule has 28 heavy (non-hydrogen) atoms. The number of aromatic nitrogens is 1. The smallest absolute Gasteiger partial charge is 0.232 e. The van der Waals surface area contributed by atoms with Gasteiger partial charge < -0.3 is 9.40 Å². The summed E-state index contributed by atoms with van der Waals surface area (Å²) in [5.41, 5.74) is 2.88. The van der Waals surface area contributed by atoms with E-state index >= 15 is 0 Å². The molecule has 3 rings (SSSR count). The molecule has 0 saturated carbocycles. The molecule has 1 N–H and O–H groups in total. The summed E-state index contributed by atoms with van der Waals surface area (Å²) in [6.07, 6.45) is 11.6. The van der Waals surface area contributed by atoms with Crippen LogP contribution in [0.3, 0.4) is 0 Å². The Morgan fingerprint density at radius 3 is 2.29 bits per heavy atom. The van der Waals surface area contributed by atoms with Gasteiger partial charge in [0.15, 0.2) is 11.3 Å². The first-order valence-electron chi connectivity index (χ1n) is 10.7. The standard InChI is InChI=1S/C24H31NO3/c1-3-4-5-6-7-8-9-10-11-12-18-23(27)21(26)16-20-24(18)28-22-14-13-17(2)15-19(22)25-20/h13-16,25H,3-12H2,1-2H3. The number of nitrogens with one attached hydrogen (secondary N) is 1. The molecule has 0 radical (unpaired) electrons. The monoisotopic (exact) mass is 381 g/mol. The van der Waals surface area contributed by atoms with E-state index < -0.39 is 10.9 Å². The molecule has 4 nitrogen and oxygen atoms in total. The first kappa shape index (κ1) is 20.4. The molecule has 1 aromatic carbocycles. The number of unbranched alkanes of at least 4 members (excludes halogenated alkanes) is 8. The van der Waals surface area contributed by atoms with E-state index in [9.17, 15) is 9.59 Å². The van der Waals surface area contributed by atoms with E-state index in [1.165, 1.54) is 51.0 Å². The Balaban J connectivity index is 1.69. The number of aromatic amines is 1. The first-order valence-corrected chi connectivity index (χ1v) is 10.7. The largest absolute Gasteiger partial charge is 0.453 e. The van der Waals surface area contributed by atoms with E-state index in [0.29, 0.717) is 29.0 Å². The Morgan fingerprint density at radius 2 is 1.57 bits per heavy atom. The second kappa shape index (κ2) is 9.72. The summed E-state index contributed by atoms with van der Waals surface area (Å²) in [7, 11) is 0. The van der Waals surface area contributed by atoms with Gasteiger partial charge in [-0.05, 0) is 37.5 Å². The van der Waals surface area contributed by atoms with Crippen LogP contribution >= 0.6 is 0 Å². The Hall–Kier alpha value is -2.36. The van der Waals surface area contributed by atoms with E-state index in [2.05, 4.69) is 11.9 Å². The molecule has 150 valence electrons. The van der Waals surface area contributed by atoms with Crippen molar-refractivity contribution >= 4 is 11.1 Å². The van der Waals surface area contributed by atoms with E-state index in [1.54, 1.807) is 0 Å². The summed E-state index contributed by atoms with van der Waals surface area (Å²) < 4.78 is 6.03. The second-order valence-corrected chi connectivity index (χ2v) is 7.86. The van der Waals surface area contributed by atoms with Gasteiger partial charge >= 0.3 is 0 Å². The Kier molecular flexibility index (Phi) is 7.07. The van der Waals surface area contributed by atoms with Gasteiger partial charge in [-0.25, -0.2) is 0 Å². The van der Waals surface area contributed by atoms with Crippen LogP contribution < -0.4 is 10.9 Å². The van der Waals surface area contributed by atoms with Crippen molar-refractivity contribution in [1.82, 2.24) is 4.98 Å². The fourth-order valence-corrected chi connectivity index (χ4v) is 3.81. The van der Waals surface area contributed by atoms with Gasteiger partial charge in [-0.15, -0.1) is 0 Å². The van der Waals surface area contributed by atoms with Crippen molar-refractivity contribution in [1.29, 1.82) is 0 Å². The quantitative estimate of drug-likeness (QED) is 0.267. The molecular formula is C24H31NO3. The van der Waals surface area contributed by atoms with Crippen molar-refractivity contribution in [2.45, 2.75) is 78.1 Å². The van der Waals surface area contributed by atoms with Gasteiger partial charge in [-0.1, -0.05) is 64.4 Å². The average molecular weight is 382 g/mol. The lowest BCUT2D eigenvalue weighted by atomic mass is 10.0. The van der Waals surface area contributed by atoms with Crippen LogP contribution in [0.4, 0.5) is 0 Å². The molecule has 4 heteroatoms. The predicted octanol–water partition coefficient (Wildman–Crippen LogP) is 5.97. The molecule has 0 saturated heterocycles. The minimum Gasteiger partial charge on any atom is -0.453 e. The maximum Gasteiger partial charge on any atom is 0.232 e. The fraction of sp³-hybridized carbons (Fsp3) is 0.500. The molecule has 1 heterocycles. The molecule has 0 unspecified atom stereocenters. The van der Waals surface area contributed by atoms with Gasteiger partial charge in [-0.2, -0.15) is 0 Å².